The van der Waals surface area contributed by atoms with Crippen molar-refractivity contribution in [1.82, 2.24) is 9.88 Å². The minimum absolute atomic E-state index is 0.150. The van der Waals surface area contributed by atoms with Gasteiger partial charge in [0.1, 0.15) is 17.0 Å². The first kappa shape index (κ1) is 23.5. The average molecular weight is 456 g/mol. The predicted molar refractivity (Wildman–Crippen MR) is 127 cm³/mol. The highest BCUT2D eigenvalue weighted by atomic mass is 32.1. The number of methoxy groups -OCH3 is 1. The van der Waals surface area contributed by atoms with Gasteiger partial charge in [-0.1, -0.05) is 18.2 Å². The molecule has 0 unspecified atom stereocenters. The third-order valence-corrected chi connectivity index (χ3v) is 6.80. The summed E-state index contributed by atoms with van der Waals surface area (Å²) < 4.78 is 10.9. The van der Waals surface area contributed by atoms with Crippen LogP contribution in [0.15, 0.2) is 41.1 Å². The second kappa shape index (κ2) is 9.56. The fourth-order valence-electron chi connectivity index (χ4n) is 3.32. The third-order valence-electron chi connectivity index (χ3n) is 5.48. The zero-order valence-corrected chi connectivity index (χ0v) is 20.2. The molecule has 2 heterocycles. The van der Waals surface area contributed by atoms with Crippen LogP contribution in [-0.4, -0.2) is 48.4 Å². The van der Waals surface area contributed by atoms with Crippen molar-refractivity contribution in [2.45, 2.75) is 39.7 Å². The summed E-state index contributed by atoms with van der Waals surface area (Å²) in [6, 6.07) is 7.71. The van der Waals surface area contributed by atoms with E-state index in [0.717, 1.165) is 28.2 Å². The number of para-hydroxylation sites is 1. The van der Waals surface area contributed by atoms with Gasteiger partial charge in [0.15, 0.2) is 0 Å². The lowest BCUT2D eigenvalue weighted by Gasteiger charge is -2.32. The Morgan fingerprint density at radius 1 is 1.28 bits per heavy atom. The molecule has 0 aliphatic rings. The number of aromatic nitrogens is 1. The van der Waals surface area contributed by atoms with Gasteiger partial charge in [0, 0.05) is 19.1 Å². The zero-order valence-electron chi connectivity index (χ0n) is 19.3. The van der Waals surface area contributed by atoms with E-state index in [1.807, 2.05) is 52.0 Å². The summed E-state index contributed by atoms with van der Waals surface area (Å²) in [5.41, 5.74) is 1.85. The Labute approximate surface area is 192 Å². The van der Waals surface area contributed by atoms with E-state index in [9.17, 15) is 9.59 Å². The number of oxazole rings is 1. The molecule has 0 radical (unpaired) electrons. The minimum atomic E-state index is -0.380. The molecule has 0 spiro atoms. The largest absolute Gasteiger partial charge is 0.496 e. The van der Waals surface area contributed by atoms with Crippen LogP contribution in [0.1, 0.15) is 42.3 Å². The van der Waals surface area contributed by atoms with Gasteiger partial charge in [-0.05, 0) is 51.3 Å². The van der Waals surface area contributed by atoms with Crippen LogP contribution < -0.4 is 9.64 Å². The molecule has 0 N–H and O–H groups in total. The topological polar surface area (TPSA) is 75.9 Å². The molecule has 0 saturated carbocycles. The quantitative estimate of drug-likeness (QED) is 0.456. The Morgan fingerprint density at radius 3 is 2.59 bits per heavy atom. The highest BCUT2D eigenvalue weighted by Crippen LogP contribution is 2.42. The van der Waals surface area contributed by atoms with Crippen LogP contribution in [0.25, 0.3) is 10.8 Å². The number of hydrogen-bond acceptors (Lipinski definition) is 6. The van der Waals surface area contributed by atoms with Crippen molar-refractivity contribution in [1.29, 1.82) is 0 Å². The third kappa shape index (κ3) is 4.70. The van der Waals surface area contributed by atoms with Gasteiger partial charge in [0.05, 0.1) is 23.7 Å². The summed E-state index contributed by atoms with van der Waals surface area (Å²) in [6.45, 7) is 8.18. The summed E-state index contributed by atoms with van der Waals surface area (Å²) in [5, 5.41) is 0.585. The van der Waals surface area contributed by atoms with Gasteiger partial charge in [-0.3, -0.25) is 9.59 Å². The summed E-state index contributed by atoms with van der Waals surface area (Å²) >= 11 is 1.34. The maximum absolute atomic E-state index is 13.5. The molecule has 3 rings (SSSR count). The number of carbonyl (C=O) groups excluding carboxylic acids is 2. The van der Waals surface area contributed by atoms with E-state index >= 15 is 0 Å². The standard InChI is InChI=1S/C24H29N3O4S/c1-16-19(22(29)26(5)24(2,3)4)23(32-20(16)21-25-12-14-31-21)27(15-28)13-11-17-9-7-8-10-18(17)30-6/h7-10,12,14-15H,11,13H2,1-6H3. The number of benzene rings is 1. The lowest BCUT2D eigenvalue weighted by atomic mass is 10.0. The lowest BCUT2D eigenvalue weighted by molar-refractivity contribution is -0.107. The molecule has 1 aromatic carbocycles. The van der Waals surface area contributed by atoms with Crippen molar-refractivity contribution in [2.24, 2.45) is 0 Å². The number of carbonyl (C=O) groups is 2. The number of rotatable bonds is 8. The first-order valence-corrected chi connectivity index (χ1v) is 11.2. The molecule has 0 bridgehead atoms. The fraction of sp³-hybridized carbons (Fsp3) is 0.375. The van der Waals surface area contributed by atoms with E-state index in [0.29, 0.717) is 29.4 Å². The highest BCUT2D eigenvalue weighted by Gasteiger charge is 2.32. The van der Waals surface area contributed by atoms with E-state index in [1.54, 1.807) is 30.2 Å². The Kier molecular flexibility index (Phi) is 7.03. The molecular formula is C24H29N3O4S. The Balaban J connectivity index is 2.03. The van der Waals surface area contributed by atoms with Crippen LogP contribution >= 0.6 is 11.3 Å². The first-order chi connectivity index (χ1) is 15.2. The van der Waals surface area contributed by atoms with Crippen LogP contribution in [0, 0.1) is 6.92 Å². The maximum Gasteiger partial charge on any atom is 0.257 e. The van der Waals surface area contributed by atoms with Gasteiger partial charge in [0.25, 0.3) is 5.91 Å². The Morgan fingerprint density at radius 2 is 2.00 bits per heavy atom. The van der Waals surface area contributed by atoms with Gasteiger partial charge >= 0.3 is 0 Å². The molecule has 0 atom stereocenters. The molecule has 2 amide bonds. The molecule has 0 aliphatic carbocycles. The molecule has 7 nitrogen and oxygen atoms in total. The molecular weight excluding hydrogens is 426 g/mol. The zero-order chi connectivity index (χ0) is 23.5. The number of nitrogens with zero attached hydrogens (tertiary/aromatic N) is 3. The Bertz CT molecular complexity index is 1080. The normalized spacial score (nSPS) is 11.3. The van der Waals surface area contributed by atoms with Crippen molar-refractivity contribution in [3.8, 4) is 16.5 Å². The van der Waals surface area contributed by atoms with Crippen molar-refractivity contribution in [3.05, 3.63) is 53.4 Å². The smallest absolute Gasteiger partial charge is 0.257 e. The number of anilines is 1. The predicted octanol–water partition coefficient (Wildman–Crippen LogP) is 4.80. The number of hydrogen-bond donors (Lipinski definition) is 0. The number of thiophene rings is 1. The SMILES string of the molecule is COc1ccccc1CCN(C=O)c1sc(-c2ncco2)c(C)c1C(=O)N(C)C(C)(C)C. The van der Waals surface area contributed by atoms with E-state index in [1.165, 1.54) is 17.6 Å². The van der Waals surface area contributed by atoms with E-state index in [4.69, 9.17) is 9.15 Å². The van der Waals surface area contributed by atoms with Crippen LogP contribution in [0.4, 0.5) is 5.00 Å². The maximum atomic E-state index is 13.5. The average Bonchev–Trinajstić information content (AvgIpc) is 3.41. The van der Waals surface area contributed by atoms with E-state index in [-0.39, 0.29) is 11.4 Å². The van der Waals surface area contributed by atoms with Crippen LogP contribution in [-0.2, 0) is 11.2 Å². The van der Waals surface area contributed by atoms with E-state index < -0.39 is 0 Å². The monoisotopic (exact) mass is 455 g/mol. The molecule has 2 aromatic heterocycles. The number of ether oxygens (including phenoxy) is 1. The van der Waals surface area contributed by atoms with Crippen LogP contribution in [0.2, 0.25) is 0 Å². The summed E-state index contributed by atoms with van der Waals surface area (Å²) in [7, 11) is 3.40. The Hall–Kier alpha value is -3.13. The summed E-state index contributed by atoms with van der Waals surface area (Å²) in [4.78, 5) is 34.0. The summed E-state index contributed by atoms with van der Waals surface area (Å²) in [6.07, 6.45) is 4.41. The molecule has 8 heteroatoms. The second-order valence-electron chi connectivity index (χ2n) is 8.47. The molecule has 0 aliphatic heterocycles. The molecule has 32 heavy (non-hydrogen) atoms. The second-order valence-corrected chi connectivity index (χ2v) is 9.47. The van der Waals surface area contributed by atoms with Crippen molar-refractivity contribution >= 4 is 28.7 Å². The summed E-state index contributed by atoms with van der Waals surface area (Å²) in [5.74, 6) is 1.05. The fourth-order valence-corrected chi connectivity index (χ4v) is 4.55. The van der Waals surface area contributed by atoms with Crippen molar-refractivity contribution in [3.63, 3.8) is 0 Å². The van der Waals surface area contributed by atoms with Gasteiger partial charge in [-0.15, -0.1) is 11.3 Å². The van der Waals surface area contributed by atoms with E-state index in [2.05, 4.69) is 4.98 Å². The van der Waals surface area contributed by atoms with Crippen LogP contribution in [0.5, 0.6) is 5.75 Å². The highest BCUT2D eigenvalue weighted by molar-refractivity contribution is 7.20. The first-order valence-electron chi connectivity index (χ1n) is 10.3. The van der Waals surface area contributed by atoms with Crippen molar-refractivity contribution in [2.75, 3.05) is 25.6 Å². The van der Waals surface area contributed by atoms with Crippen LogP contribution in [0.3, 0.4) is 0 Å². The van der Waals surface area contributed by atoms with Crippen molar-refractivity contribution < 1.29 is 18.7 Å². The van der Waals surface area contributed by atoms with Gasteiger partial charge in [-0.2, -0.15) is 0 Å². The molecule has 0 fully saturated rings. The lowest BCUT2D eigenvalue weighted by Crippen LogP contribution is -2.43. The molecule has 3 aromatic rings. The minimum Gasteiger partial charge on any atom is -0.496 e. The molecule has 0 saturated heterocycles. The molecule has 170 valence electrons. The van der Waals surface area contributed by atoms with Gasteiger partial charge < -0.3 is 19.0 Å². The number of amides is 2. The van der Waals surface area contributed by atoms with Gasteiger partial charge in [-0.25, -0.2) is 4.98 Å². The van der Waals surface area contributed by atoms with Gasteiger partial charge in [0.2, 0.25) is 12.3 Å².